The molecule has 0 aromatic rings. The lowest BCUT2D eigenvalue weighted by molar-refractivity contribution is -0.174. The van der Waals surface area contributed by atoms with Gasteiger partial charge in [-0.15, -0.1) is 0 Å². The predicted molar refractivity (Wildman–Crippen MR) is 52.8 cm³/mol. The second-order valence-corrected chi connectivity index (χ2v) is 4.77. The van der Waals surface area contributed by atoms with E-state index in [4.69, 9.17) is 0 Å². The third-order valence-electron chi connectivity index (χ3n) is 1.45. The summed E-state index contributed by atoms with van der Waals surface area (Å²) in [4.78, 5) is 2.24. The van der Waals surface area contributed by atoms with Crippen molar-refractivity contribution in [2.24, 2.45) is 0 Å². The van der Waals surface area contributed by atoms with E-state index >= 15 is 0 Å². The first-order chi connectivity index (χ1) is 6.31. The van der Waals surface area contributed by atoms with E-state index in [1.54, 1.807) is 0 Å². The van der Waals surface area contributed by atoms with Crippen LogP contribution in [-0.2, 0) is 4.74 Å². The van der Waals surface area contributed by atoms with Crippen molar-refractivity contribution >= 4 is 15.9 Å². The van der Waals surface area contributed by atoms with Crippen molar-refractivity contribution in [1.82, 2.24) is 4.90 Å². The van der Waals surface area contributed by atoms with Crippen LogP contribution in [0, 0.1) is 0 Å². The van der Waals surface area contributed by atoms with Crippen molar-refractivity contribution in [1.29, 1.82) is 0 Å². The van der Waals surface area contributed by atoms with E-state index in [1.165, 1.54) is 0 Å². The summed E-state index contributed by atoms with van der Waals surface area (Å²) in [6, 6.07) is 0. The summed E-state index contributed by atoms with van der Waals surface area (Å²) in [6.07, 6.45) is -4.22. The van der Waals surface area contributed by atoms with Gasteiger partial charge in [-0.2, -0.15) is 13.2 Å². The quantitative estimate of drug-likeness (QED) is 0.546. The lowest BCUT2D eigenvalue weighted by Crippen LogP contribution is -2.29. The van der Waals surface area contributed by atoms with E-state index in [-0.39, 0.29) is 6.61 Å². The zero-order valence-corrected chi connectivity index (χ0v) is 9.86. The van der Waals surface area contributed by atoms with Crippen LogP contribution >= 0.6 is 15.9 Å². The second-order valence-electron chi connectivity index (χ2n) is 3.21. The maximum Gasteiger partial charge on any atom is 0.411 e. The molecule has 0 aliphatic heterocycles. The van der Waals surface area contributed by atoms with Gasteiger partial charge in [0.25, 0.3) is 0 Å². The SMILES string of the molecule is CC(Br)CN(C)CCOCC(F)(F)F. The number of ether oxygens (including phenoxy) is 1. The lowest BCUT2D eigenvalue weighted by atomic mass is 10.4. The maximum absolute atomic E-state index is 11.6. The summed E-state index contributed by atoms with van der Waals surface area (Å²) >= 11 is 3.35. The molecule has 0 aromatic carbocycles. The van der Waals surface area contributed by atoms with Crippen LogP contribution in [0.15, 0.2) is 0 Å². The van der Waals surface area contributed by atoms with Crippen molar-refractivity contribution in [3.63, 3.8) is 0 Å². The predicted octanol–water partition coefficient (Wildman–Crippen LogP) is 2.28. The monoisotopic (exact) mass is 277 g/mol. The summed E-state index contributed by atoms with van der Waals surface area (Å²) in [5.74, 6) is 0. The summed E-state index contributed by atoms with van der Waals surface area (Å²) in [5.41, 5.74) is 0. The molecule has 0 aromatic heterocycles. The zero-order chi connectivity index (χ0) is 11.2. The van der Waals surface area contributed by atoms with Crippen LogP contribution in [0.25, 0.3) is 0 Å². The van der Waals surface area contributed by atoms with Crippen LogP contribution < -0.4 is 0 Å². The molecular formula is C8H15BrF3NO. The molecule has 0 saturated carbocycles. The molecule has 0 fully saturated rings. The molecule has 86 valence electrons. The van der Waals surface area contributed by atoms with E-state index in [1.807, 2.05) is 18.9 Å². The van der Waals surface area contributed by atoms with Crippen molar-refractivity contribution in [2.45, 2.75) is 17.9 Å². The minimum Gasteiger partial charge on any atom is -0.371 e. The molecule has 0 rings (SSSR count). The number of likely N-dealkylation sites (N-methyl/N-ethyl adjacent to an activating group) is 1. The minimum atomic E-state index is -4.22. The van der Waals surface area contributed by atoms with Crippen molar-refractivity contribution < 1.29 is 17.9 Å². The third-order valence-corrected chi connectivity index (χ3v) is 1.74. The van der Waals surface area contributed by atoms with Gasteiger partial charge in [0.2, 0.25) is 0 Å². The van der Waals surface area contributed by atoms with Gasteiger partial charge in [0.05, 0.1) is 6.61 Å². The zero-order valence-electron chi connectivity index (χ0n) is 8.27. The van der Waals surface area contributed by atoms with Gasteiger partial charge >= 0.3 is 6.18 Å². The van der Waals surface area contributed by atoms with Gasteiger partial charge in [-0.3, -0.25) is 0 Å². The largest absolute Gasteiger partial charge is 0.411 e. The fourth-order valence-corrected chi connectivity index (χ4v) is 1.42. The number of halogens is 4. The Hall–Kier alpha value is 0.190. The van der Waals surface area contributed by atoms with Crippen LogP contribution in [0.1, 0.15) is 6.92 Å². The van der Waals surface area contributed by atoms with Crippen molar-refractivity contribution in [2.75, 3.05) is 33.4 Å². The second kappa shape index (κ2) is 6.63. The third kappa shape index (κ3) is 10.3. The molecule has 0 saturated heterocycles. The lowest BCUT2D eigenvalue weighted by Gasteiger charge is -2.18. The summed E-state index contributed by atoms with van der Waals surface area (Å²) in [7, 11) is 1.84. The van der Waals surface area contributed by atoms with Gasteiger partial charge in [-0.1, -0.05) is 22.9 Å². The summed E-state index contributed by atoms with van der Waals surface area (Å²) < 4.78 is 39.4. The Labute approximate surface area is 90.5 Å². The number of alkyl halides is 4. The Kier molecular flexibility index (Phi) is 6.72. The highest BCUT2D eigenvalue weighted by atomic mass is 79.9. The smallest absolute Gasteiger partial charge is 0.371 e. The molecule has 0 aliphatic carbocycles. The first kappa shape index (κ1) is 14.2. The molecule has 0 heterocycles. The van der Waals surface area contributed by atoms with Crippen molar-refractivity contribution in [3.8, 4) is 0 Å². The molecule has 0 amide bonds. The maximum atomic E-state index is 11.6. The van der Waals surface area contributed by atoms with E-state index in [0.29, 0.717) is 11.4 Å². The van der Waals surface area contributed by atoms with Crippen molar-refractivity contribution in [3.05, 3.63) is 0 Å². The van der Waals surface area contributed by atoms with Gasteiger partial charge in [0.15, 0.2) is 0 Å². The van der Waals surface area contributed by atoms with Gasteiger partial charge in [-0.25, -0.2) is 0 Å². The van der Waals surface area contributed by atoms with Crippen LogP contribution in [0.3, 0.4) is 0 Å². The average Bonchev–Trinajstić information content (AvgIpc) is 1.95. The number of hydrogen-bond donors (Lipinski definition) is 0. The van der Waals surface area contributed by atoms with Gasteiger partial charge in [-0.05, 0) is 7.05 Å². The Bertz CT molecular complexity index is 152. The Morgan fingerprint density at radius 3 is 2.43 bits per heavy atom. The van der Waals surface area contributed by atoms with E-state index in [9.17, 15) is 13.2 Å². The molecule has 0 bridgehead atoms. The molecule has 0 N–H and O–H groups in total. The van der Waals surface area contributed by atoms with Crippen LogP contribution in [0.4, 0.5) is 13.2 Å². The molecule has 0 aliphatic rings. The molecule has 2 nitrogen and oxygen atoms in total. The minimum absolute atomic E-state index is 0.107. The van der Waals surface area contributed by atoms with E-state index < -0.39 is 12.8 Å². The number of hydrogen-bond acceptors (Lipinski definition) is 2. The van der Waals surface area contributed by atoms with Gasteiger partial charge < -0.3 is 9.64 Å². The van der Waals surface area contributed by atoms with Gasteiger partial charge in [0, 0.05) is 17.9 Å². The molecule has 1 unspecified atom stereocenters. The molecule has 0 spiro atoms. The fourth-order valence-electron chi connectivity index (χ4n) is 0.929. The van der Waals surface area contributed by atoms with Gasteiger partial charge in [0.1, 0.15) is 6.61 Å². The Morgan fingerprint density at radius 1 is 1.43 bits per heavy atom. The van der Waals surface area contributed by atoms with E-state index in [0.717, 1.165) is 6.54 Å². The highest BCUT2D eigenvalue weighted by molar-refractivity contribution is 9.09. The van der Waals surface area contributed by atoms with Crippen LogP contribution in [0.2, 0.25) is 0 Å². The first-order valence-electron chi connectivity index (χ1n) is 4.28. The van der Waals surface area contributed by atoms with E-state index in [2.05, 4.69) is 20.7 Å². The fraction of sp³-hybridized carbons (Fsp3) is 1.00. The molecule has 0 radical (unpaired) electrons. The summed E-state index contributed by atoms with van der Waals surface area (Å²) in [6.45, 7) is 2.22. The highest BCUT2D eigenvalue weighted by Gasteiger charge is 2.27. The molecular weight excluding hydrogens is 263 g/mol. The summed E-state index contributed by atoms with van der Waals surface area (Å²) in [5, 5.41) is 0. The first-order valence-corrected chi connectivity index (χ1v) is 5.20. The highest BCUT2D eigenvalue weighted by Crippen LogP contribution is 2.14. The molecule has 1 atom stereocenters. The molecule has 14 heavy (non-hydrogen) atoms. The normalized spacial score (nSPS) is 14.8. The molecule has 6 heteroatoms. The number of nitrogens with zero attached hydrogens (tertiary/aromatic N) is 1. The van der Waals surface area contributed by atoms with Crippen LogP contribution in [0.5, 0.6) is 0 Å². The standard InChI is InChI=1S/C8H15BrF3NO/c1-7(9)5-13(2)3-4-14-6-8(10,11)12/h7H,3-6H2,1-2H3. The van der Waals surface area contributed by atoms with Crippen LogP contribution in [-0.4, -0.2) is 49.3 Å². The average molecular weight is 278 g/mol. The Balaban J connectivity index is 3.36. The Morgan fingerprint density at radius 2 is 2.00 bits per heavy atom. The number of rotatable bonds is 6. The topological polar surface area (TPSA) is 12.5 Å².